The molecule has 82 valence electrons. The smallest absolute Gasteiger partial charge is 0.138 e. The van der Waals surface area contributed by atoms with Gasteiger partial charge in [0.05, 0.1) is 0 Å². The van der Waals surface area contributed by atoms with Crippen LogP contribution in [-0.2, 0) is 17.6 Å². The third-order valence-electron chi connectivity index (χ3n) is 2.33. The van der Waals surface area contributed by atoms with E-state index in [0.29, 0.717) is 19.4 Å². The van der Waals surface area contributed by atoms with Crippen LogP contribution in [0.4, 0.5) is 0 Å². The van der Waals surface area contributed by atoms with Crippen LogP contribution in [0.25, 0.3) is 0 Å². The van der Waals surface area contributed by atoms with E-state index in [1.807, 2.05) is 18.3 Å². The molecule has 0 aliphatic rings. The summed E-state index contributed by atoms with van der Waals surface area (Å²) in [6, 6.07) is 3.96. The van der Waals surface area contributed by atoms with Gasteiger partial charge in [0.15, 0.2) is 0 Å². The third kappa shape index (κ3) is 4.21. The molecule has 1 rings (SSSR count). The molecule has 0 aliphatic carbocycles. The molecule has 1 heterocycles. The Morgan fingerprint density at radius 2 is 2.27 bits per heavy atom. The molecular weight excluding hydrogens is 188 g/mol. The molecular formula is C12H18N2O. The van der Waals surface area contributed by atoms with Gasteiger partial charge in [-0.25, -0.2) is 0 Å². The maximum atomic E-state index is 11.4. The lowest BCUT2D eigenvalue weighted by atomic mass is 10.1. The molecule has 0 radical (unpaired) electrons. The van der Waals surface area contributed by atoms with Crippen molar-refractivity contribution in [2.24, 2.45) is 5.73 Å². The Bertz CT molecular complexity index is 306. The van der Waals surface area contributed by atoms with Gasteiger partial charge in [0, 0.05) is 24.7 Å². The maximum absolute atomic E-state index is 11.4. The summed E-state index contributed by atoms with van der Waals surface area (Å²) < 4.78 is 0. The number of nitrogens with two attached hydrogens (primary N) is 1. The number of hydrogen-bond acceptors (Lipinski definition) is 3. The van der Waals surface area contributed by atoms with Crippen molar-refractivity contribution >= 4 is 5.78 Å². The maximum Gasteiger partial charge on any atom is 0.138 e. The van der Waals surface area contributed by atoms with Gasteiger partial charge in [-0.2, -0.15) is 0 Å². The van der Waals surface area contributed by atoms with Crippen molar-refractivity contribution in [3.8, 4) is 0 Å². The highest BCUT2D eigenvalue weighted by Gasteiger charge is 2.03. The van der Waals surface area contributed by atoms with Gasteiger partial charge in [-0.15, -0.1) is 0 Å². The molecule has 1 aromatic rings. The fourth-order valence-corrected chi connectivity index (χ4v) is 1.36. The zero-order valence-electron chi connectivity index (χ0n) is 9.20. The van der Waals surface area contributed by atoms with Gasteiger partial charge >= 0.3 is 0 Å². The van der Waals surface area contributed by atoms with Crippen molar-refractivity contribution in [3.63, 3.8) is 0 Å². The van der Waals surface area contributed by atoms with E-state index in [1.54, 1.807) is 0 Å². The molecule has 0 unspecified atom stereocenters. The minimum absolute atomic E-state index is 0.220. The van der Waals surface area contributed by atoms with Crippen LogP contribution in [0.1, 0.15) is 31.0 Å². The summed E-state index contributed by atoms with van der Waals surface area (Å²) in [6.07, 6.45) is 4.59. The molecule has 0 atom stereocenters. The first kappa shape index (κ1) is 11.9. The molecule has 3 heteroatoms. The number of hydrogen-bond donors (Lipinski definition) is 1. The summed E-state index contributed by atoms with van der Waals surface area (Å²) >= 11 is 0. The van der Waals surface area contributed by atoms with E-state index in [2.05, 4.69) is 11.9 Å². The molecule has 0 spiro atoms. The number of carbonyl (C=O) groups excluding carboxylic acids is 1. The normalized spacial score (nSPS) is 10.3. The first-order valence-corrected chi connectivity index (χ1v) is 5.41. The molecule has 15 heavy (non-hydrogen) atoms. The van der Waals surface area contributed by atoms with Crippen LogP contribution in [0.5, 0.6) is 0 Å². The second-order valence-electron chi connectivity index (χ2n) is 3.62. The Morgan fingerprint density at radius 1 is 1.47 bits per heavy atom. The van der Waals surface area contributed by atoms with Gasteiger partial charge in [0.2, 0.25) is 0 Å². The predicted molar refractivity (Wildman–Crippen MR) is 60.6 cm³/mol. The molecule has 3 nitrogen and oxygen atoms in total. The molecule has 0 saturated carbocycles. The van der Waals surface area contributed by atoms with Gasteiger partial charge in [-0.3, -0.25) is 9.78 Å². The first-order chi connectivity index (χ1) is 7.26. The average molecular weight is 206 g/mol. The topological polar surface area (TPSA) is 56.0 Å². The van der Waals surface area contributed by atoms with Gasteiger partial charge in [-0.1, -0.05) is 13.0 Å². The van der Waals surface area contributed by atoms with Crippen molar-refractivity contribution in [3.05, 3.63) is 29.6 Å². The second kappa shape index (κ2) is 6.30. The Balaban J connectivity index is 2.46. The van der Waals surface area contributed by atoms with E-state index in [9.17, 15) is 4.79 Å². The highest BCUT2D eigenvalue weighted by molar-refractivity contribution is 5.80. The number of nitrogens with zero attached hydrogens (tertiary/aromatic N) is 1. The molecule has 0 fully saturated rings. The van der Waals surface area contributed by atoms with E-state index in [1.165, 1.54) is 5.56 Å². The highest BCUT2D eigenvalue weighted by atomic mass is 16.1. The van der Waals surface area contributed by atoms with Crippen molar-refractivity contribution in [2.45, 2.75) is 32.6 Å². The molecule has 0 amide bonds. The van der Waals surface area contributed by atoms with Gasteiger partial charge < -0.3 is 5.73 Å². The number of rotatable bonds is 6. The number of aryl methyl sites for hydroxylation is 1. The zero-order valence-corrected chi connectivity index (χ0v) is 9.20. The second-order valence-corrected chi connectivity index (χ2v) is 3.62. The van der Waals surface area contributed by atoms with Crippen LogP contribution in [0.15, 0.2) is 18.3 Å². The third-order valence-corrected chi connectivity index (χ3v) is 2.33. The van der Waals surface area contributed by atoms with Gasteiger partial charge in [0.25, 0.3) is 0 Å². The van der Waals surface area contributed by atoms with E-state index in [0.717, 1.165) is 18.5 Å². The van der Waals surface area contributed by atoms with E-state index >= 15 is 0 Å². The van der Waals surface area contributed by atoms with Crippen molar-refractivity contribution in [2.75, 3.05) is 6.54 Å². The Kier molecular flexibility index (Phi) is 4.98. The summed E-state index contributed by atoms with van der Waals surface area (Å²) in [7, 11) is 0. The number of carbonyl (C=O) groups is 1. The van der Waals surface area contributed by atoms with Crippen LogP contribution < -0.4 is 5.73 Å². The lowest BCUT2D eigenvalue weighted by Gasteiger charge is -2.01. The predicted octanol–water partition coefficient (Wildman–Crippen LogP) is 1.49. The summed E-state index contributed by atoms with van der Waals surface area (Å²) in [4.78, 5) is 15.7. The monoisotopic (exact) mass is 206 g/mol. The fourth-order valence-electron chi connectivity index (χ4n) is 1.36. The van der Waals surface area contributed by atoms with E-state index in [-0.39, 0.29) is 5.78 Å². The number of aromatic nitrogens is 1. The molecule has 0 bridgehead atoms. The van der Waals surface area contributed by atoms with Gasteiger partial charge in [-0.05, 0) is 31.0 Å². The van der Waals surface area contributed by atoms with E-state index < -0.39 is 0 Å². The van der Waals surface area contributed by atoms with Crippen molar-refractivity contribution in [1.29, 1.82) is 0 Å². The number of ketones is 1. The van der Waals surface area contributed by atoms with Crippen LogP contribution in [0.3, 0.4) is 0 Å². The summed E-state index contributed by atoms with van der Waals surface area (Å²) in [6.45, 7) is 2.66. The van der Waals surface area contributed by atoms with Crippen molar-refractivity contribution < 1.29 is 4.79 Å². The molecule has 0 aliphatic heterocycles. The van der Waals surface area contributed by atoms with Crippen LogP contribution in [0, 0.1) is 0 Å². The fraction of sp³-hybridized carbons (Fsp3) is 0.500. The lowest BCUT2D eigenvalue weighted by Crippen LogP contribution is -2.07. The zero-order chi connectivity index (χ0) is 11.1. The molecule has 2 N–H and O–H groups in total. The molecule has 0 aromatic carbocycles. The highest BCUT2D eigenvalue weighted by Crippen LogP contribution is 2.03. The standard InChI is InChI=1S/C12H18N2O/c1-2-10-5-6-11(14-9-10)8-12(15)4-3-7-13/h5-6,9H,2-4,7-8,13H2,1H3. The average Bonchev–Trinajstić information content (AvgIpc) is 2.27. The number of pyridine rings is 1. The Hall–Kier alpha value is -1.22. The van der Waals surface area contributed by atoms with Crippen LogP contribution in [0.2, 0.25) is 0 Å². The first-order valence-electron chi connectivity index (χ1n) is 5.41. The summed E-state index contributed by atoms with van der Waals surface area (Å²) in [5, 5.41) is 0. The quantitative estimate of drug-likeness (QED) is 0.767. The van der Waals surface area contributed by atoms with Gasteiger partial charge in [0.1, 0.15) is 5.78 Å². The summed E-state index contributed by atoms with van der Waals surface area (Å²) in [5.74, 6) is 0.220. The molecule has 1 aromatic heterocycles. The lowest BCUT2D eigenvalue weighted by molar-refractivity contribution is -0.118. The molecule has 0 saturated heterocycles. The minimum atomic E-state index is 0.220. The largest absolute Gasteiger partial charge is 0.330 e. The Labute approximate surface area is 90.7 Å². The van der Waals surface area contributed by atoms with Crippen LogP contribution in [-0.4, -0.2) is 17.3 Å². The SMILES string of the molecule is CCc1ccc(CC(=O)CCCN)nc1. The van der Waals surface area contributed by atoms with Crippen molar-refractivity contribution in [1.82, 2.24) is 4.98 Å². The number of Topliss-reactive ketones (excluding diaryl/α,β-unsaturated/α-hetero) is 1. The summed E-state index contributed by atoms with van der Waals surface area (Å²) in [5.41, 5.74) is 7.40. The van der Waals surface area contributed by atoms with Crippen LogP contribution >= 0.6 is 0 Å². The minimum Gasteiger partial charge on any atom is -0.330 e. The van der Waals surface area contributed by atoms with E-state index in [4.69, 9.17) is 5.73 Å². The Morgan fingerprint density at radius 3 is 2.80 bits per heavy atom.